The monoisotopic (exact) mass is 319 g/mol. The molecule has 0 aliphatic carbocycles. The zero-order valence-electron chi connectivity index (χ0n) is 13.4. The van der Waals surface area contributed by atoms with Crippen LogP contribution in [0.3, 0.4) is 0 Å². The van der Waals surface area contributed by atoms with Crippen molar-refractivity contribution >= 4 is 11.3 Å². The summed E-state index contributed by atoms with van der Waals surface area (Å²) in [5, 5.41) is 13.2. The van der Waals surface area contributed by atoms with Gasteiger partial charge in [0.2, 0.25) is 0 Å². The van der Waals surface area contributed by atoms with Crippen LogP contribution in [-0.2, 0) is 13.1 Å². The lowest BCUT2D eigenvalue weighted by atomic mass is 10.1. The lowest BCUT2D eigenvalue weighted by molar-refractivity contribution is 0.185. The minimum atomic E-state index is 0.0430. The van der Waals surface area contributed by atoms with Crippen molar-refractivity contribution in [2.45, 2.75) is 39.4 Å². The van der Waals surface area contributed by atoms with E-state index in [2.05, 4.69) is 47.7 Å². The molecule has 120 valence electrons. The molecular weight excluding hydrogens is 294 g/mol. The van der Waals surface area contributed by atoms with Crippen LogP contribution in [0.15, 0.2) is 41.1 Å². The van der Waals surface area contributed by atoms with Crippen LogP contribution in [0.1, 0.15) is 31.4 Å². The molecule has 4 heteroatoms. The Morgan fingerprint density at radius 3 is 2.73 bits per heavy atom. The van der Waals surface area contributed by atoms with Crippen LogP contribution in [0.4, 0.5) is 0 Å². The number of aliphatic hydroxyl groups is 1. The van der Waals surface area contributed by atoms with Crippen molar-refractivity contribution < 1.29 is 9.84 Å². The number of ether oxygens (including phenoxy) is 1. The second-order valence-corrected chi connectivity index (χ2v) is 6.29. The molecule has 2 aromatic rings. The number of nitrogens with zero attached hydrogens (tertiary/aromatic N) is 1. The summed E-state index contributed by atoms with van der Waals surface area (Å²) in [6.45, 7) is 6.76. The predicted molar refractivity (Wildman–Crippen MR) is 92.3 cm³/mol. The maximum atomic E-state index is 8.86. The van der Waals surface area contributed by atoms with E-state index in [1.807, 2.05) is 12.1 Å². The molecule has 0 saturated heterocycles. The fourth-order valence-electron chi connectivity index (χ4n) is 2.37. The SMILES string of the molecule is CC[C@H](C)N(Cc1ccsc1)Cc1cccc(OCCO)c1. The van der Waals surface area contributed by atoms with Gasteiger partial charge in [-0.1, -0.05) is 19.1 Å². The van der Waals surface area contributed by atoms with E-state index in [0.717, 1.165) is 25.3 Å². The summed E-state index contributed by atoms with van der Waals surface area (Å²) in [7, 11) is 0. The van der Waals surface area contributed by atoms with E-state index < -0.39 is 0 Å². The molecule has 1 heterocycles. The second kappa shape index (κ2) is 8.93. The number of hydrogen-bond donors (Lipinski definition) is 1. The first-order valence-electron chi connectivity index (χ1n) is 7.80. The summed E-state index contributed by atoms with van der Waals surface area (Å²) < 4.78 is 5.50. The second-order valence-electron chi connectivity index (χ2n) is 5.51. The standard InChI is InChI=1S/C18H25NO2S/c1-3-15(2)19(13-17-7-10-22-14-17)12-16-5-4-6-18(11-16)21-9-8-20/h4-7,10-11,14-15,20H,3,8-9,12-13H2,1-2H3/t15-/m0/s1. The third kappa shape index (κ3) is 5.13. The summed E-state index contributed by atoms with van der Waals surface area (Å²) in [5.41, 5.74) is 2.61. The minimum absolute atomic E-state index is 0.0430. The average molecular weight is 319 g/mol. The number of rotatable bonds is 9. The van der Waals surface area contributed by atoms with Crippen molar-refractivity contribution in [1.29, 1.82) is 0 Å². The summed E-state index contributed by atoms with van der Waals surface area (Å²) in [6.07, 6.45) is 1.13. The van der Waals surface area contributed by atoms with Gasteiger partial charge in [-0.2, -0.15) is 11.3 Å². The molecule has 1 aromatic heterocycles. The molecule has 0 amide bonds. The third-order valence-electron chi connectivity index (χ3n) is 3.82. The van der Waals surface area contributed by atoms with Gasteiger partial charge in [-0.15, -0.1) is 0 Å². The van der Waals surface area contributed by atoms with Gasteiger partial charge in [-0.3, -0.25) is 4.90 Å². The summed E-state index contributed by atoms with van der Waals surface area (Å²) in [6, 6.07) is 10.9. The largest absolute Gasteiger partial charge is 0.491 e. The number of thiophene rings is 1. The molecule has 0 fully saturated rings. The maximum Gasteiger partial charge on any atom is 0.119 e. The molecule has 0 aliphatic rings. The van der Waals surface area contributed by atoms with Crippen LogP contribution in [0.5, 0.6) is 5.75 Å². The van der Waals surface area contributed by atoms with Gasteiger partial charge < -0.3 is 9.84 Å². The summed E-state index contributed by atoms with van der Waals surface area (Å²) in [4.78, 5) is 2.49. The zero-order chi connectivity index (χ0) is 15.8. The van der Waals surface area contributed by atoms with Crippen LogP contribution < -0.4 is 4.74 Å². The molecule has 0 saturated carbocycles. The third-order valence-corrected chi connectivity index (χ3v) is 4.56. The van der Waals surface area contributed by atoms with Gasteiger partial charge in [-0.25, -0.2) is 0 Å². The van der Waals surface area contributed by atoms with Crippen molar-refractivity contribution in [3.63, 3.8) is 0 Å². The minimum Gasteiger partial charge on any atom is -0.491 e. The summed E-state index contributed by atoms with van der Waals surface area (Å²) >= 11 is 1.75. The van der Waals surface area contributed by atoms with Gasteiger partial charge in [0.05, 0.1) is 6.61 Å². The highest BCUT2D eigenvalue weighted by atomic mass is 32.1. The normalized spacial score (nSPS) is 12.5. The fraction of sp³-hybridized carbons (Fsp3) is 0.444. The topological polar surface area (TPSA) is 32.7 Å². The molecule has 0 bridgehead atoms. The van der Waals surface area contributed by atoms with Crippen molar-refractivity contribution in [3.8, 4) is 5.75 Å². The highest BCUT2D eigenvalue weighted by molar-refractivity contribution is 7.07. The Morgan fingerprint density at radius 2 is 2.05 bits per heavy atom. The van der Waals surface area contributed by atoms with E-state index in [4.69, 9.17) is 9.84 Å². The molecule has 0 spiro atoms. The molecule has 1 N–H and O–H groups in total. The first-order chi connectivity index (χ1) is 10.7. The van der Waals surface area contributed by atoms with Crippen LogP contribution >= 0.6 is 11.3 Å². The van der Waals surface area contributed by atoms with Crippen molar-refractivity contribution in [1.82, 2.24) is 4.90 Å². The maximum absolute atomic E-state index is 8.86. The van der Waals surface area contributed by atoms with Crippen LogP contribution in [0.2, 0.25) is 0 Å². The highest BCUT2D eigenvalue weighted by Crippen LogP contribution is 2.19. The van der Waals surface area contributed by atoms with E-state index in [9.17, 15) is 0 Å². The van der Waals surface area contributed by atoms with E-state index in [-0.39, 0.29) is 6.61 Å². The first kappa shape index (κ1) is 17.0. The Balaban J connectivity index is 2.05. The van der Waals surface area contributed by atoms with Gasteiger partial charge in [0, 0.05) is 19.1 Å². The zero-order valence-corrected chi connectivity index (χ0v) is 14.2. The van der Waals surface area contributed by atoms with Crippen LogP contribution in [0.25, 0.3) is 0 Å². The van der Waals surface area contributed by atoms with Gasteiger partial charge >= 0.3 is 0 Å². The smallest absolute Gasteiger partial charge is 0.119 e. The van der Waals surface area contributed by atoms with Crippen LogP contribution in [0, 0.1) is 0 Å². The van der Waals surface area contributed by atoms with E-state index in [1.54, 1.807) is 11.3 Å². The van der Waals surface area contributed by atoms with Crippen molar-refractivity contribution in [3.05, 3.63) is 52.2 Å². The Kier molecular flexibility index (Phi) is 6.90. The lowest BCUT2D eigenvalue weighted by Crippen LogP contribution is -2.31. The lowest BCUT2D eigenvalue weighted by Gasteiger charge is -2.28. The molecule has 0 radical (unpaired) electrons. The first-order valence-corrected chi connectivity index (χ1v) is 8.75. The molecule has 1 atom stereocenters. The molecular formula is C18H25NO2S. The Morgan fingerprint density at radius 1 is 1.23 bits per heavy atom. The average Bonchev–Trinajstić information content (AvgIpc) is 3.05. The molecule has 2 rings (SSSR count). The fourth-order valence-corrected chi connectivity index (χ4v) is 3.03. The number of benzene rings is 1. The Hall–Kier alpha value is -1.36. The quantitative estimate of drug-likeness (QED) is 0.760. The molecule has 1 aromatic carbocycles. The van der Waals surface area contributed by atoms with E-state index >= 15 is 0 Å². The number of hydrogen-bond acceptors (Lipinski definition) is 4. The predicted octanol–water partition coefficient (Wildman–Crippen LogP) is 3.92. The van der Waals surface area contributed by atoms with E-state index in [1.165, 1.54) is 11.1 Å². The van der Waals surface area contributed by atoms with Gasteiger partial charge in [-0.05, 0) is 53.4 Å². The molecule has 0 unspecified atom stereocenters. The molecule has 22 heavy (non-hydrogen) atoms. The van der Waals surface area contributed by atoms with Gasteiger partial charge in [0.15, 0.2) is 0 Å². The molecule has 0 aliphatic heterocycles. The van der Waals surface area contributed by atoms with E-state index in [0.29, 0.717) is 12.6 Å². The summed E-state index contributed by atoms with van der Waals surface area (Å²) in [5.74, 6) is 0.825. The van der Waals surface area contributed by atoms with Gasteiger partial charge in [0.1, 0.15) is 12.4 Å². The van der Waals surface area contributed by atoms with Crippen molar-refractivity contribution in [2.75, 3.05) is 13.2 Å². The number of aliphatic hydroxyl groups excluding tert-OH is 1. The van der Waals surface area contributed by atoms with Crippen LogP contribution in [-0.4, -0.2) is 29.3 Å². The molecule has 3 nitrogen and oxygen atoms in total. The van der Waals surface area contributed by atoms with Gasteiger partial charge in [0.25, 0.3) is 0 Å². The van der Waals surface area contributed by atoms with Crippen molar-refractivity contribution in [2.24, 2.45) is 0 Å². The highest BCUT2D eigenvalue weighted by Gasteiger charge is 2.14. The Bertz CT molecular complexity index is 542. The Labute approximate surface area is 137 Å².